The van der Waals surface area contributed by atoms with Crippen molar-refractivity contribution in [3.63, 3.8) is 0 Å². The van der Waals surface area contributed by atoms with Crippen molar-refractivity contribution in [2.24, 2.45) is 0 Å². The van der Waals surface area contributed by atoms with E-state index in [1.807, 2.05) is 51.1 Å². The molecule has 0 aliphatic heterocycles. The van der Waals surface area contributed by atoms with Gasteiger partial charge in [0, 0.05) is 22.4 Å². The molecule has 1 aromatic heterocycles. The zero-order valence-electron chi connectivity index (χ0n) is 17.5. The molecule has 29 heavy (non-hydrogen) atoms. The molecule has 0 atom stereocenters. The van der Waals surface area contributed by atoms with Crippen molar-refractivity contribution in [3.05, 3.63) is 36.4 Å². The van der Waals surface area contributed by atoms with E-state index in [2.05, 4.69) is 10.6 Å². The fourth-order valence-corrected chi connectivity index (χ4v) is 3.21. The number of carbonyl (C=O) groups excluding carboxylic acids is 2. The third-order valence-electron chi connectivity index (χ3n) is 4.31. The number of amides is 2. The van der Waals surface area contributed by atoms with Gasteiger partial charge in [-0.3, -0.25) is 14.5 Å². The van der Waals surface area contributed by atoms with Gasteiger partial charge in [-0.25, -0.2) is 0 Å². The number of fused-ring (bicyclic) bond motifs is 3. The summed E-state index contributed by atoms with van der Waals surface area (Å²) >= 11 is 0. The predicted molar refractivity (Wildman–Crippen MR) is 114 cm³/mol. The molecule has 0 fully saturated rings. The highest BCUT2D eigenvalue weighted by atomic mass is 16.5. The lowest BCUT2D eigenvalue weighted by molar-refractivity contribution is -0.124. The smallest absolute Gasteiger partial charge is 0.238 e. The van der Waals surface area contributed by atoms with Gasteiger partial charge in [-0.2, -0.15) is 0 Å². The molecule has 7 heteroatoms. The summed E-state index contributed by atoms with van der Waals surface area (Å²) in [5.74, 6) is 0.171. The van der Waals surface area contributed by atoms with Gasteiger partial charge in [-0.05, 0) is 40.0 Å². The minimum absolute atomic E-state index is 0.0683. The summed E-state index contributed by atoms with van der Waals surface area (Å²) in [5.41, 5.74) is 1.66. The first-order valence-electron chi connectivity index (χ1n) is 9.45. The molecular weight excluding hydrogens is 370 g/mol. The maximum Gasteiger partial charge on any atom is 0.238 e. The summed E-state index contributed by atoms with van der Waals surface area (Å²) in [5, 5.41) is 7.64. The number of hydrogen-bond acceptors (Lipinski definition) is 5. The van der Waals surface area contributed by atoms with Crippen molar-refractivity contribution in [3.8, 4) is 5.75 Å². The van der Waals surface area contributed by atoms with Crippen LogP contribution >= 0.6 is 0 Å². The van der Waals surface area contributed by atoms with E-state index in [9.17, 15) is 9.59 Å². The molecule has 0 aliphatic carbocycles. The molecule has 2 aromatic carbocycles. The van der Waals surface area contributed by atoms with Gasteiger partial charge in [0.15, 0.2) is 0 Å². The van der Waals surface area contributed by atoms with Crippen LogP contribution in [0.4, 0.5) is 5.69 Å². The third-order valence-corrected chi connectivity index (χ3v) is 4.31. The van der Waals surface area contributed by atoms with Gasteiger partial charge >= 0.3 is 0 Å². The molecule has 1 heterocycles. The number of furan rings is 1. The van der Waals surface area contributed by atoms with Crippen LogP contribution in [0.25, 0.3) is 21.9 Å². The van der Waals surface area contributed by atoms with Crippen molar-refractivity contribution >= 4 is 39.4 Å². The minimum Gasteiger partial charge on any atom is -0.495 e. The Kier molecular flexibility index (Phi) is 5.79. The molecule has 0 saturated carbocycles. The van der Waals surface area contributed by atoms with Crippen molar-refractivity contribution in [2.75, 3.05) is 32.6 Å². The Morgan fingerprint density at radius 1 is 1.03 bits per heavy atom. The van der Waals surface area contributed by atoms with Crippen LogP contribution in [0.2, 0.25) is 0 Å². The van der Waals surface area contributed by atoms with E-state index in [1.54, 1.807) is 25.1 Å². The van der Waals surface area contributed by atoms with Crippen LogP contribution < -0.4 is 15.4 Å². The molecule has 0 unspecified atom stereocenters. The number of likely N-dealkylation sites (N-methyl/N-ethyl adjacent to an activating group) is 1. The maximum atomic E-state index is 12.5. The average molecular weight is 397 g/mol. The number of nitrogens with zero attached hydrogens (tertiary/aromatic N) is 1. The number of anilines is 1. The molecule has 0 aliphatic rings. The number of methoxy groups -OCH3 is 1. The standard InChI is InChI=1S/C22H27N3O4/c1-22(2,3)24-21(27)13-25(4)12-20(26)23-16-11-18-15(10-19(16)28-5)14-8-6-7-9-17(14)29-18/h6-11H,12-13H2,1-5H3,(H,23,26)(H,24,27). The zero-order chi connectivity index (χ0) is 21.2. The first kappa shape index (κ1) is 20.7. The van der Waals surface area contributed by atoms with Crippen molar-refractivity contribution in [1.29, 1.82) is 0 Å². The van der Waals surface area contributed by atoms with Crippen molar-refractivity contribution < 1.29 is 18.7 Å². The lowest BCUT2D eigenvalue weighted by Gasteiger charge is -2.23. The Morgan fingerprint density at radius 3 is 2.41 bits per heavy atom. The first-order chi connectivity index (χ1) is 13.7. The molecule has 3 rings (SSSR count). The SMILES string of the molecule is COc1cc2c(cc1NC(=O)CN(C)CC(=O)NC(C)(C)C)oc1ccccc12. The highest BCUT2D eigenvalue weighted by Gasteiger charge is 2.18. The fourth-order valence-electron chi connectivity index (χ4n) is 3.21. The average Bonchev–Trinajstić information content (AvgIpc) is 2.96. The number of para-hydroxylation sites is 1. The molecule has 3 aromatic rings. The molecule has 0 radical (unpaired) electrons. The molecule has 0 bridgehead atoms. The number of benzene rings is 2. The van der Waals surface area contributed by atoms with E-state index in [-0.39, 0.29) is 30.4 Å². The van der Waals surface area contributed by atoms with Gasteiger partial charge in [0.05, 0.1) is 25.9 Å². The largest absolute Gasteiger partial charge is 0.495 e. The molecule has 0 saturated heterocycles. The van der Waals surface area contributed by atoms with Gasteiger partial charge in [0.2, 0.25) is 11.8 Å². The molecule has 0 spiro atoms. The van der Waals surface area contributed by atoms with Gasteiger partial charge < -0.3 is 19.8 Å². The highest BCUT2D eigenvalue weighted by molar-refractivity contribution is 6.07. The van der Waals surface area contributed by atoms with Crippen LogP contribution in [0.15, 0.2) is 40.8 Å². The van der Waals surface area contributed by atoms with Crippen molar-refractivity contribution in [1.82, 2.24) is 10.2 Å². The normalized spacial score (nSPS) is 11.8. The Balaban J connectivity index is 1.72. The molecule has 7 nitrogen and oxygen atoms in total. The predicted octanol–water partition coefficient (Wildman–Crippen LogP) is 3.38. The quantitative estimate of drug-likeness (QED) is 0.666. The topological polar surface area (TPSA) is 83.8 Å². The van der Waals surface area contributed by atoms with E-state index in [0.29, 0.717) is 17.0 Å². The first-order valence-corrected chi connectivity index (χ1v) is 9.45. The van der Waals surface area contributed by atoms with Crippen molar-refractivity contribution in [2.45, 2.75) is 26.3 Å². The lowest BCUT2D eigenvalue weighted by Crippen LogP contribution is -2.46. The number of ether oxygens (including phenoxy) is 1. The molecular formula is C22H27N3O4. The monoisotopic (exact) mass is 397 g/mol. The zero-order valence-corrected chi connectivity index (χ0v) is 17.5. The minimum atomic E-state index is -0.310. The van der Waals surface area contributed by atoms with E-state index in [0.717, 1.165) is 16.4 Å². The third kappa shape index (κ3) is 5.06. The lowest BCUT2D eigenvalue weighted by atomic mass is 10.1. The van der Waals surface area contributed by atoms with Crippen LogP contribution in [0, 0.1) is 0 Å². The summed E-state index contributed by atoms with van der Waals surface area (Å²) < 4.78 is 11.3. The Labute approximate surface area is 170 Å². The Morgan fingerprint density at radius 2 is 1.72 bits per heavy atom. The van der Waals surface area contributed by atoms with Crippen LogP contribution in [0.1, 0.15) is 20.8 Å². The van der Waals surface area contributed by atoms with Crippen LogP contribution in [0.5, 0.6) is 5.75 Å². The van der Waals surface area contributed by atoms with E-state index in [4.69, 9.17) is 9.15 Å². The maximum absolute atomic E-state index is 12.5. The van der Waals surface area contributed by atoms with Crippen LogP contribution in [0.3, 0.4) is 0 Å². The number of rotatable bonds is 6. The number of nitrogens with one attached hydrogen (secondary N) is 2. The van der Waals surface area contributed by atoms with Gasteiger partial charge in [0.1, 0.15) is 16.9 Å². The Bertz CT molecular complexity index is 1050. The Hall–Kier alpha value is -3.06. The van der Waals surface area contributed by atoms with Crippen LogP contribution in [-0.4, -0.2) is 49.5 Å². The highest BCUT2D eigenvalue weighted by Crippen LogP contribution is 2.36. The number of hydrogen-bond donors (Lipinski definition) is 2. The van der Waals surface area contributed by atoms with E-state index < -0.39 is 0 Å². The fraction of sp³-hybridized carbons (Fsp3) is 0.364. The molecule has 2 N–H and O–H groups in total. The van der Waals surface area contributed by atoms with Gasteiger partial charge in [-0.15, -0.1) is 0 Å². The van der Waals surface area contributed by atoms with E-state index >= 15 is 0 Å². The number of carbonyl (C=O) groups is 2. The summed E-state index contributed by atoms with van der Waals surface area (Å²) in [6.45, 7) is 5.94. The summed E-state index contributed by atoms with van der Waals surface area (Å²) in [6.07, 6.45) is 0. The molecule has 2 amide bonds. The summed E-state index contributed by atoms with van der Waals surface area (Å²) in [7, 11) is 3.28. The van der Waals surface area contributed by atoms with Gasteiger partial charge in [0.25, 0.3) is 0 Å². The van der Waals surface area contributed by atoms with Gasteiger partial charge in [-0.1, -0.05) is 18.2 Å². The summed E-state index contributed by atoms with van der Waals surface area (Å²) in [6, 6.07) is 11.4. The second-order valence-corrected chi connectivity index (χ2v) is 8.17. The summed E-state index contributed by atoms with van der Waals surface area (Å²) in [4.78, 5) is 26.2. The molecule has 154 valence electrons. The van der Waals surface area contributed by atoms with Crippen LogP contribution in [-0.2, 0) is 9.59 Å². The second-order valence-electron chi connectivity index (χ2n) is 8.17. The second kappa shape index (κ2) is 8.13. The van der Waals surface area contributed by atoms with E-state index in [1.165, 1.54) is 0 Å².